The molecule has 0 radical (unpaired) electrons. The summed E-state index contributed by atoms with van der Waals surface area (Å²) in [7, 11) is 0. The molecule has 0 saturated heterocycles. The number of hydrogen-bond acceptors (Lipinski definition) is 2. The number of benzene rings is 2. The van der Waals surface area contributed by atoms with Crippen molar-refractivity contribution in [3.63, 3.8) is 0 Å². The second kappa shape index (κ2) is 7.01. The van der Waals surface area contributed by atoms with Gasteiger partial charge in [-0.25, -0.2) is 0 Å². The normalized spacial score (nSPS) is 23.8. The van der Waals surface area contributed by atoms with Crippen LogP contribution in [0.25, 0.3) is 11.1 Å². The number of carboxylic acid groups (broad SMARTS) is 1. The maximum Gasteiger partial charge on any atom is 0.307 e. The van der Waals surface area contributed by atoms with Crippen molar-refractivity contribution in [3.8, 4) is 11.1 Å². The van der Waals surface area contributed by atoms with Gasteiger partial charge in [-0.3, -0.25) is 9.59 Å². The molecule has 2 aromatic rings. The maximum absolute atomic E-state index is 13.0. The van der Waals surface area contributed by atoms with Crippen LogP contribution in [-0.4, -0.2) is 17.0 Å². The first kappa shape index (κ1) is 19.4. The van der Waals surface area contributed by atoms with Crippen LogP contribution in [0.1, 0.15) is 33.6 Å². The fourth-order valence-corrected chi connectivity index (χ4v) is 4.12. The Balaban J connectivity index is 1.76. The van der Waals surface area contributed by atoms with E-state index in [1.807, 2.05) is 69.3 Å². The first-order valence-electron chi connectivity index (χ1n) is 9.05. The summed E-state index contributed by atoms with van der Waals surface area (Å²) < 4.78 is 0. The van der Waals surface area contributed by atoms with Crippen LogP contribution in [-0.2, 0) is 9.59 Å². The zero-order chi connectivity index (χ0) is 19.8. The number of halogens is 1. The van der Waals surface area contributed by atoms with E-state index in [1.54, 1.807) is 0 Å². The summed E-state index contributed by atoms with van der Waals surface area (Å²) in [5.41, 5.74) is 1.43. The van der Waals surface area contributed by atoms with E-state index in [9.17, 15) is 14.7 Å². The molecule has 5 heteroatoms. The van der Waals surface area contributed by atoms with Gasteiger partial charge in [0.1, 0.15) is 0 Å². The highest BCUT2D eigenvalue weighted by Gasteiger charge is 2.58. The SMILES string of the molecule is CC1(C(=O)Nc2ccc(-c3ccc(Cl)cc3)cc2)CCC(C(=O)O)C1(C)C. The number of anilines is 1. The molecule has 2 atom stereocenters. The van der Waals surface area contributed by atoms with Gasteiger partial charge in [0, 0.05) is 10.7 Å². The number of carboxylic acids is 1. The van der Waals surface area contributed by atoms with Crippen molar-refractivity contribution >= 4 is 29.2 Å². The zero-order valence-corrected chi connectivity index (χ0v) is 16.5. The van der Waals surface area contributed by atoms with E-state index in [0.717, 1.165) is 11.1 Å². The van der Waals surface area contributed by atoms with Crippen molar-refractivity contribution in [2.24, 2.45) is 16.7 Å². The van der Waals surface area contributed by atoms with Crippen LogP contribution in [0.2, 0.25) is 5.02 Å². The van der Waals surface area contributed by atoms with Gasteiger partial charge in [0.25, 0.3) is 0 Å². The van der Waals surface area contributed by atoms with Gasteiger partial charge in [-0.05, 0) is 53.6 Å². The number of amides is 1. The van der Waals surface area contributed by atoms with Crippen molar-refractivity contribution in [1.82, 2.24) is 0 Å². The van der Waals surface area contributed by atoms with Crippen LogP contribution in [0.5, 0.6) is 0 Å². The van der Waals surface area contributed by atoms with E-state index in [-0.39, 0.29) is 5.91 Å². The molecular weight excluding hydrogens is 362 g/mol. The highest BCUT2D eigenvalue weighted by atomic mass is 35.5. The van der Waals surface area contributed by atoms with Crippen molar-refractivity contribution in [1.29, 1.82) is 0 Å². The van der Waals surface area contributed by atoms with E-state index in [0.29, 0.717) is 23.6 Å². The second-order valence-corrected chi connectivity index (χ2v) is 8.46. The van der Waals surface area contributed by atoms with E-state index >= 15 is 0 Å². The first-order valence-corrected chi connectivity index (χ1v) is 9.43. The molecule has 0 spiro atoms. The van der Waals surface area contributed by atoms with Gasteiger partial charge in [0.15, 0.2) is 0 Å². The zero-order valence-electron chi connectivity index (χ0n) is 15.8. The van der Waals surface area contributed by atoms with Crippen LogP contribution in [0.15, 0.2) is 48.5 Å². The highest BCUT2D eigenvalue weighted by Crippen LogP contribution is 2.56. The molecule has 1 aliphatic carbocycles. The van der Waals surface area contributed by atoms with Gasteiger partial charge in [-0.1, -0.05) is 56.6 Å². The molecule has 142 valence electrons. The van der Waals surface area contributed by atoms with Crippen molar-refractivity contribution in [2.45, 2.75) is 33.6 Å². The average molecular weight is 386 g/mol. The molecule has 1 saturated carbocycles. The Morgan fingerprint density at radius 2 is 1.52 bits per heavy atom. The molecule has 27 heavy (non-hydrogen) atoms. The van der Waals surface area contributed by atoms with Gasteiger partial charge < -0.3 is 10.4 Å². The molecule has 4 nitrogen and oxygen atoms in total. The third-order valence-electron chi connectivity index (χ3n) is 6.35. The molecule has 1 fully saturated rings. The largest absolute Gasteiger partial charge is 0.481 e. The number of hydrogen-bond donors (Lipinski definition) is 2. The minimum absolute atomic E-state index is 0.129. The van der Waals surface area contributed by atoms with Crippen LogP contribution in [0.3, 0.4) is 0 Å². The lowest BCUT2D eigenvalue weighted by Gasteiger charge is -2.39. The Kier molecular flexibility index (Phi) is 5.04. The molecule has 0 aromatic heterocycles. The molecule has 0 heterocycles. The fraction of sp³-hybridized carbons (Fsp3) is 0.364. The predicted octanol–water partition coefficient (Wildman–Crippen LogP) is 5.47. The van der Waals surface area contributed by atoms with Crippen molar-refractivity contribution < 1.29 is 14.7 Å². The number of aliphatic carboxylic acids is 1. The Hall–Kier alpha value is -2.33. The van der Waals surface area contributed by atoms with E-state index in [1.165, 1.54) is 0 Å². The summed E-state index contributed by atoms with van der Waals surface area (Å²) in [6, 6.07) is 15.2. The monoisotopic (exact) mass is 385 g/mol. The summed E-state index contributed by atoms with van der Waals surface area (Å²) in [5.74, 6) is -1.47. The standard InChI is InChI=1S/C22H24ClNO3/c1-21(2)18(19(25)26)12-13-22(21,3)20(27)24-17-10-6-15(7-11-17)14-4-8-16(23)9-5-14/h4-11,18H,12-13H2,1-3H3,(H,24,27)(H,25,26). The molecular formula is C22H24ClNO3. The summed E-state index contributed by atoms with van der Waals surface area (Å²) in [5, 5.41) is 13.1. The first-order chi connectivity index (χ1) is 12.6. The van der Waals surface area contributed by atoms with Gasteiger partial charge in [-0.2, -0.15) is 0 Å². The van der Waals surface area contributed by atoms with Crippen LogP contribution < -0.4 is 5.32 Å². The quantitative estimate of drug-likeness (QED) is 0.733. The van der Waals surface area contributed by atoms with Crippen LogP contribution >= 0.6 is 11.6 Å². The Morgan fingerprint density at radius 3 is 2.00 bits per heavy atom. The van der Waals surface area contributed by atoms with Gasteiger partial charge >= 0.3 is 5.97 Å². The van der Waals surface area contributed by atoms with Crippen LogP contribution in [0.4, 0.5) is 5.69 Å². The lowest BCUT2D eigenvalue weighted by atomic mass is 9.65. The molecule has 1 aliphatic rings. The molecule has 2 unspecified atom stereocenters. The number of nitrogens with one attached hydrogen (secondary N) is 1. The molecule has 1 amide bonds. The number of rotatable bonds is 4. The third-order valence-corrected chi connectivity index (χ3v) is 6.60. The highest BCUT2D eigenvalue weighted by molar-refractivity contribution is 6.30. The van der Waals surface area contributed by atoms with Gasteiger partial charge in [0.2, 0.25) is 5.91 Å². The van der Waals surface area contributed by atoms with Gasteiger partial charge in [0.05, 0.1) is 11.3 Å². The molecule has 2 aromatic carbocycles. The molecule has 0 bridgehead atoms. The second-order valence-electron chi connectivity index (χ2n) is 8.02. The summed E-state index contributed by atoms with van der Waals surface area (Å²) >= 11 is 5.93. The number of carbonyl (C=O) groups is 2. The summed E-state index contributed by atoms with van der Waals surface area (Å²) in [4.78, 5) is 24.5. The smallest absolute Gasteiger partial charge is 0.307 e. The number of carbonyl (C=O) groups excluding carboxylic acids is 1. The molecule has 3 rings (SSSR count). The topological polar surface area (TPSA) is 66.4 Å². The Morgan fingerprint density at radius 1 is 1.00 bits per heavy atom. The lowest BCUT2D eigenvalue weighted by Crippen LogP contribution is -2.45. The predicted molar refractivity (Wildman–Crippen MR) is 108 cm³/mol. The lowest BCUT2D eigenvalue weighted by molar-refractivity contribution is -0.147. The minimum atomic E-state index is -0.830. The van der Waals surface area contributed by atoms with E-state index < -0.39 is 22.7 Å². The Bertz CT molecular complexity index is 858. The molecule has 0 aliphatic heterocycles. The minimum Gasteiger partial charge on any atom is -0.481 e. The van der Waals surface area contributed by atoms with E-state index in [2.05, 4.69) is 5.32 Å². The summed E-state index contributed by atoms with van der Waals surface area (Å²) in [6.07, 6.45) is 1.08. The maximum atomic E-state index is 13.0. The van der Waals surface area contributed by atoms with E-state index in [4.69, 9.17) is 11.6 Å². The van der Waals surface area contributed by atoms with Crippen molar-refractivity contribution in [3.05, 3.63) is 53.6 Å². The van der Waals surface area contributed by atoms with Crippen molar-refractivity contribution in [2.75, 3.05) is 5.32 Å². The Labute approximate surface area is 164 Å². The fourth-order valence-electron chi connectivity index (χ4n) is 4.00. The summed E-state index contributed by atoms with van der Waals surface area (Å²) in [6.45, 7) is 5.62. The molecule has 2 N–H and O–H groups in total. The van der Waals surface area contributed by atoms with Crippen LogP contribution in [0, 0.1) is 16.7 Å². The van der Waals surface area contributed by atoms with Gasteiger partial charge in [-0.15, -0.1) is 0 Å². The third kappa shape index (κ3) is 3.46. The average Bonchev–Trinajstić information content (AvgIpc) is 2.87.